The number of hydrogen-bond donors (Lipinski definition) is 1. The highest BCUT2D eigenvalue weighted by molar-refractivity contribution is 7.97. The zero-order valence-electron chi connectivity index (χ0n) is 11.2. The van der Waals surface area contributed by atoms with Crippen molar-refractivity contribution in [2.75, 3.05) is 13.7 Å². The Labute approximate surface area is 127 Å². The van der Waals surface area contributed by atoms with Crippen molar-refractivity contribution in [2.45, 2.75) is 13.3 Å². The van der Waals surface area contributed by atoms with E-state index in [4.69, 9.17) is 25.9 Å². The van der Waals surface area contributed by atoms with Gasteiger partial charge in [-0.15, -0.1) is 4.91 Å². The molecule has 1 N–H and O–H groups in total. The van der Waals surface area contributed by atoms with Crippen LogP contribution in [-0.2, 0) is 8.92 Å². The molecule has 1 rings (SSSR count). The largest absolute Gasteiger partial charge is 0.494 e. The number of hydrogen-bond acceptors (Lipinski definition) is 6. The van der Waals surface area contributed by atoms with Crippen molar-refractivity contribution in [1.29, 1.82) is 5.41 Å². The highest BCUT2D eigenvalue weighted by Gasteiger charge is 2.18. The zero-order valence-corrected chi connectivity index (χ0v) is 12.8. The third-order valence-corrected chi connectivity index (χ3v) is 3.18. The lowest BCUT2D eigenvalue weighted by Crippen LogP contribution is -2.07. The second-order valence-corrected chi connectivity index (χ2v) is 4.84. The molecule has 0 heterocycles. The third kappa shape index (κ3) is 4.63. The van der Waals surface area contributed by atoms with E-state index in [0.717, 1.165) is 6.42 Å². The van der Waals surface area contributed by atoms with Crippen LogP contribution >= 0.6 is 23.6 Å². The first-order valence-corrected chi connectivity index (χ1v) is 7.07. The Morgan fingerprint density at radius 1 is 1.55 bits per heavy atom. The van der Waals surface area contributed by atoms with E-state index in [1.807, 2.05) is 6.92 Å². The summed E-state index contributed by atoms with van der Waals surface area (Å²) in [7, 11) is 1.41. The molecule has 0 saturated carbocycles. The Morgan fingerprint density at radius 2 is 2.30 bits per heavy atom. The fourth-order valence-corrected chi connectivity index (χ4v) is 2.18. The normalized spacial score (nSPS) is 17.9. The number of halogens is 1. The van der Waals surface area contributed by atoms with Crippen molar-refractivity contribution in [3.05, 3.63) is 50.6 Å². The maximum absolute atomic E-state index is 10.7. The molecule has 0 atom stereocenters. The highest BCUT2D eigenvalue weighted by Crippen LogP contribution is 2.26. The van der Waals surface area contributed by atoms with E-state index in [1.54, 1.807) is 11.5 Å². The quantitative estimate of drug-likeness (QED) is 0.432. The minimum absolute atomic E-state index is 0.111. The maximum atomic E-state index is 10.7. The molecule has 1 aliphatic carbocycles. The predicted molar refractivity (Wildman–Crippen MR) is 82.5 cm³/mol. The molecule has 7 heteroatoms. The van der Waals surface area contributed by atoms with Crippen molar-refractivity contribution >= 4 is 29.4 Å². The van der Waals surface area contributed by atoms with Crippen molar-refractivity contribution in [2.24, 2.45) is 5.18 Å². The Morgan fingerprint density at radius 3 is 2.90 bits per heavy atom. The van der Waals surface area contributed by atoms with Gasteiger partial charge in [-0.3, -0.25) is 0 Å². The average Bonchev–Trinajstić information content (AvgIpc) is 2.46. The van der Waals surface area contributed by atoms with Crippen LogP contribution in [0.5, 0.6) is 0 Å². The summed E-state index contributed by atoms with van der Waals surface area (Å²) in [5.41, 5.74) is 0.678. The van der Waals surface area contributed by atoms with Crippen LogP contribution in [0, 0.1) is 10.3 Å². The first-order chi connectivity index (χ1) is 9.63. The Bertz CT molecular complexity index is 510. The van der Waals surface area contributed by atoms with Crippen LogP contribution in [-0.4, -0.2) is 19.4 Å². The smallest absolute Gasteiger partial charge is 0.150 e. The molecule has 0 saturated heterocycles. The van der Waals surface area contributed by atoms with Gasteiger partial charge < -0.3 is 14.3 Å². The third-order valence-electron chi connectivity index (χ3n) is 2.30. The van der Waals surface area contributed by atoms with Crippen molar-refractivity contribution in [3.63, 3.8) is 0 Å². The van der Waals surface area contributed by atoms with Gasteiger partial charge in [-0.1, -0.05) is 18.5 Å². The van der Waals surface area contributed by atoms with Crippen LogP contribution in [0.1, 0.15) is 13.3 Å². The molecular formula is C13H15ClN2O3S. The van der Waals surface area contributed by atoms with E-state index in [1.165, 1.54) is 31.3 Å². The zero-order chi connectivity index (χ0) is 15.0. The lowest BCUT2D eigenvalue weighted by Gasteiger charge is -2.12. The molecule has 0 aliphatic heterocycles. The van der Waals surface area contributed by atoms with Gasteiger partial charge in [-0.2, -0.15) is 0 Å². The van der Waals surface area contributed by atoms with E-state index in [2.05, 4.69) is 5.18 Å². The van der Waals surface area contributed by atoms with Crippen LogP contribution in [0.25, 0.3) is 0 Å². The fraction of sp³-hybridized carbons (Fsp3) is 0.308. The fourth-order valence-electron chi connectivity index (χ4n) is 1.35. The molecule has 0 aromatic carbocycles. The molecular weight excluding hydrogens is 300 g/mol. The molecule has 0 bridgehead atoms. The van der Waals surface area contributed by atoms with Gasteiger partial charge in [0.15, 0.2) is 5.70 Å². The van der Waals surface area contributed by atoms with Gasteiger partial charge >= 0.3 is 0 Å². The standard InChI is InChI=1S/C13H15ClN2O3S/c1-3-5-19-20-6-4-10(14)9-7-12(16-17)13(18-2)8-11(9)15/h4,6-8,15H,3,5H2,1-2H3/b6-4+,10-9+,15-11?. The molecule has 1 aliphatic rings. The van der Waals surface area contributed by atoms with Crippen LogP contribution in [0.15, 0.2) is 50.9 Å². The van der Waals surface area contributed by atoms with Gasteiger partial charge in [0.05, 0.1) is 24.5 Å². The number of methoxy groups -OCH3 is 1. The average molecular weight is 315 g/mol. The van der Waals surface area contributed by atoms with Gasteiger partial charge in [-0.05, 0) is 23.7 Å². The maximum Gasteiger partial charge on any atom is 0.150 e. The summed E-state index contributed by atoms with van der Waals surface area (Å²) in [6.45, 7) is 2.67. The van der Waals surface area contributed by atoms with E-state index < -0.39 is 0 Å². The summed E-state index contributed by atoms with van der Waals surface area (Å²) in [5, 5.41) is 12.7. The minimum Gasteiger partial charge on any atom is -0.494 e. The summed E-state index contributed by atoms with van der Waals surface area (Å²) in [6, 6.07) is 0. The molecule has 0 amide bonds. The molecule has 5 nitrogen and oxygen atoms in total. The molecule has 108 valence electrons. The molecule has 0 unspecified atom stereocenters. The molecule has 0 radical (unpaired) electrons. The number of nitroso groups, excluding NO2 is 1. The number of nitrogens with zero attached hydrogens (tertiary/aromatic N) is 1. The highest BCUT2D eigenvalue weighted by atomic mass is 35.5. The number of allylic oxidation sites excluding steroid dienone is 5. The molecule has 0 aromatic rings. The van der Waals surface area contributed by atoms with Crippen LogP contribution < -0.4 is 0 Å². The lowest BCUT2D eigenvalue weighted by atomic mass is 10.0. The van der Waals surface area contributed by atoms with Gasteiger partial charge in [0, 0.05) is 29.1 Å². The SMILES string of the molecule is CCCOS/C=C/C(Cl)=C1/C=C(N=O)C(OC)=CC1=N. The topological polar surface area (TPSA) is 71.7 Å². The van der Waals surface area contributed by atoms with E-state index >= 15 is 0 Å². The number of ether oxygens (including phenoxy) is 1. The summed E-state index contributed by atoms with van der Waals surface area (Å²) >= 11 is 7.27. The Kier molecular flexibility index (Phi) is 7.28. The first-order valence-electron chi connectivity index (χ1n) is 5.88. The molecule has 20 heavy (non-hydrogen) atoms. The summed E-state index contributed by atoms with van der Waals surface area (Å²) < 4.78 is 10.2. The van der Waals surface area contributed by atoms with Crippen molar-refractivity contribution in [3.8, 4) is 0 Å². The number of rotatable bonds is 7. The Hall–Kier alpha value is -1.37. The Balaban J connectivity index is 2.86. The second kappa shape index (κ2) is 8.73. The van der Waals surface area contributed by atoms with Gasteiger partial charge in [0.2, 0.25) is 0 Å². The van der Waals surface area contributed by atoms with Crippen molar-refractivity contribution < 1.29 is 8.92 Å². The molecule has 0 fully saturated rings. The summed E-state index contributed by atoms with van der Waals surface area (Å²) in [5.74, 6) is 0.253. The summed E-state index contributed by atoms with van der Waals surface area (Å²) in [4.78, 5) is 10.7. The van der Waals surface area contributed by atoms with Crippen LogP contribution in [0.2, 0.25) is 0 Å². The minimum atomic E-state index is 0.111. The first kappa shape index (κ1) is 16.7. The van der Waals surface area contributed by atoms with Gasteiger partial charge in [0.25, 0.3) is 0 Å². The molecule has 0 spiro atoms. The van der Waals surface area contributed by atoms with Crippen LogP contribution in [0.4, 0.5) is 0 Å². The van der Waals surface area contributed by atoms with Gasteiger partial charge in [0.1, 0.15) is 5.76 Å². The van der Waals surface area contributed by atoms with E-state index in [0.29, 0.717) is 17.2 Å². The lowest BCUT2D eigenvalue weighted by molar-refractivity contribution is 0.300. The van der Waals surface area contributed by atoms with Gasteiger partial charge in [-0.25, -0.2) is 0 Å². The predicted octanol–water partition coefficient (Wildman–Crippen LogP) is 4.28. The van der Waals surface area contributed by atoms with E-state index in [9.17, 15) is 4.91 Å². The van der Waals surface area contributed by atoms with E-state index in [-0.39, 0.29) is 17.2 Å². The monoisotopic (exact) mass is 314 g/mol. The molecule has 0 aromatic heterocycles. The summed E-state index contributed by atoms with van der Waals surface area (Å²) in [6.07, 6.45) is 5.37. The van der Waals surface area contributed by atoms with Crippen LogP contribution in [0.3, 0.4) is 0 Å². The van der Waals surface area contributed by atoms with Crippen molar-refractivity contribution in [1.82, 2.24) is 0 Å². The number of nitrogens with one attached hydrogen (secondary N) is 1. The second-order valence-electron chi connectivity index (χ2n) is 3.73.